The van der Waals surface area contributed by atoms with Gasteiger partial charge in [-0.15, -0.1) is 0 Å². The van der Waals surface area contributed by atoms with E-state index in [0.29, 0.717) is 6.61 Å². The Morgan fingerprint density at radius 1 is 1.20 bits per heavy atom. The molecule has 1 aliphatic carbocycles. The normalized spacial score (nSPS) is 25.4. The SMILES string of the molecule is CCOC1C(N)CC1Oc1ccc(Cl)c2ccccc12. The first kappa shape index (κ1) is 13.7. The van der Waals surface area contributed by atoms with Gasteiger partial charge in [-0.25, -0.2) is 0 Å². The van der Waals surface area contributed by atoms with Crippen molar-refractivity contribution >= 4 is 22.4 Å². The van der Waals surface area contributed by atoms with Crippen LogP contribution < -0.4 is 10.5 Å². The van der Waals surface area contributed by atoms with Gasteiger partial charge in [0.1, 0.15) is 18.0 Å². The Morgan fingerprint density at radius 2 is 1.95 bits per heavy atom. The summed E-state index contributed by atoms with van der Waals surface area (Å²) in [4.78, 5) is 0. The van der Waals surface area contributed by atoms with E-state index < -0.39 is 0 Å². The molecule has 20 heavy (non-hydrogen) atoms. The molecule has 3 rings (SSSR count). The minimum Gasteiger partial charge on any atom is -0.487 e. The quantitative estimate of drug-likeness (QED) is 0.939. The average Bonchev–Trinajstić information content (AvgIpc) is 2.47. The molecule has 2 N–H and O–H groups in total. The summed E-state index contributed by atoms with van der Waals surface area (Å²) in [5.41, 5.74) is 5.96. The largest absolute Gasteiger partial charge is 0.487 e. The number of halogens is 1. The van der Waals surface area contributed by atoms with Gasteiger partial charge in [0.05, 0.1) is 0 Å². The minimum atomic E-state index is -0.0190. The maximum Gasteiger partial charge on any atom is 0.128 e. The van der Waals surface area contributed by atoms with Crippen molar-refractivity contribution in [2.45, 2.75) is 31.6 Å². The molecule has 3 unspecified atom stereocenters. The van der Waals surface area contributed by atoms with Crippen LogP contribution in [0.5, 0.6) is 5.75 Å². The van der Waals surface area contributed by atoms with Gasteiger partial charge in [0, 0.05) is 34.9 Å². The van der Waals surface area contributed by atoms with E-state index in [2.05, 4.69) is 0 Å². The van der Waals surface area contributed by atoms with Gasteiger partial charge in [-0.3, -0.25) is 0 Å². The predicted molar refractivity (Wildman–Crippen MR) is 81.4 cm³/mol. The third-order valence-electron chi connectivity index (χ3n) is 3.76. The molecule has 0 amide bonds. The van der Waals surface area contributed by atoms with E-state index in [1.807, 2.05) is 43.3 Å². The van der Waals surface area contributed by atoms with Crippen molar-refractivity contribution in [3.63, 3.8) is 0 Å². The van der Waals surface area contributed by atoms with Crippen LogP contribution in [0.15, 0.2) is 36.4 Å². The lowest BCUT2D eigenvalue weighted by molar-refractivity contribution is -0.0940. The van der Waals surface area contributed by atoms with E-state index in [9.17, 15) is 0 Å². The highest BCUT2D eigenvalue weighted by atomic mass is 35.5. The van der Waals surface area contributed by atoms with Gasteiger partial charge in [-0.05, 0) is 19.1 Å². The van der Waals surface area contributed by atoms with Gasteiger partial charge in [0.25, 0.3) is 0 Å². The fourth-order valence-corrected chi connectivity index (χ4v) is 2.88. The van der Waals surface area contributed by atoms with Crippen molar-refractivity contribution in [3.8, 4) is 5.75 Å². The van der Waals surface area contributed by atoms with Crippen LogP contribution in [0.2, 0.25) is 5.02 Å². The molecule has 4 heteroatoms. The molecule has 1 saturated carbocycles. The standard InChI is InChI=1S/C16H18ClNO2/c1-2-19-16-13(18)9-15(16)20-14-8-7-12(17)10-5-3-4-6-11(10)14/h3-8,13,15-16H,2,9,18H2,1H3. The molecule has 0 aromatic heterocycles. The molecule has 3 nitrogen and oxygen atoms in total. The van der Waals surface area contributed by atoms with Crippen LogP contribution in [-0.4, -0.2) is 24.9 Å². The molecule has 0 bridgehead atoms. The fourth-order valence-electron chi connectivity index (χ4n) is 2.66. The summed E-state index contributed by atoms with van der Waals surface area (Å²) >= 11 is 6.21. The average molecular weight is 292 g/mol. The van der Waals surface area contributed by atoms with Crippen LogP contribution in [0.3, 0.4) is 0 Å². The Balaban J connectivity index is 1.87. The summed E-state index contributed by atoms with van der Waals surface area (Å²) in [6.45, 7) is 2.62. The number of hydrogen-bond donors (Lipinski definition) is 1. The molecule has 0 radical (unpaired) electrons. The zero-order valence-corrected chi connectivity index (χ0v) is 12.1. The number of hydrogen-bond acceptors (Lipinski definition) is 3. The zero-order valence-electron chi connectivity index (χ0n) is 11.4. The van der Waals surface area contributed by atoms with Gasteiger partial charge < -0.3 is 15.2 Å². The highest BCUT2D eigenvalue weighted by Crippen LogP contribution is 2.35. The Hall–Kier alpha value is -1.29. The Bertz CT molecular complexity index is 616. The van der Waals surface area contributed by atoms with E-state index in [0.717, 1.165) is 28.0 Å². The van der Waals surface area contributed by atoms with Crippen LogP contribution in [0.4, 0.5) is 0 Å². The topological polar surface area (TPSA) is 44.5 Å². The van der Waals surface area contributed by atoms with Crippen molar-refractivity contribution in [2.75, 3.05) is 6.61 Å². The van der Waals surface area contributed by atoms with Gasteiger partial charge in [0.2, 0.25) is 0 Å². The third kappa shape index (κ3) is 2.37. The maximum absolute atomic E-state index is 6.21. The lowest BCUT2D eigenvalue weighted by atomic mass is 9.86. The molecule has 3 atom stereocenters. The van der Waals surface area contributed by atoms with Crippen molar-refractivity contribution in [1.82, 2.24) is 0 Å². The van der Waals surface area contributed by atoms with E-state index in [1.54, 1.807) is 0 Å². The Labute approximate surface area is 123 Å². The molecule has 0 saturated heterocycles. The second kappa shape index (κ2) is 5.60. The van der Waals surface area contributed by atoms with Gasteiger partial charge >= 0.3 is 0 Å². The van der Waals surface area contributed by atoms with Gasteiger partial charge in [-0.1, -0.05) is 35.9 Å². The summed E-state index contributed by atoms with van der Waals surface area (Å²) < 4.78 is 11.7. The molecule has 2 aromatic rings. The number of rotatable bonds is 4. The monoisotopic (exact) mass is 291 g/mol. The van der Waals surface area contributed by atoms with Gasteiger partial charge in [0.15, 0.2) is 0 Å². The van der Waals surface area contributed by atoms with Crippen LogP contribution in [0, 0.1) is 0 Å². The zero-order chi connectivity index (χ0) is 14.1. The maximum atomic E-state index is 6.21. The minimum absolute atomic E-state index is 0.0190. The van der Waals surface area contributed by atoms with E-state index >= 15 is 0 Å². The summed E-state index contributed by atoms with van der Waals surface area (Å²) in [5, 5.41) is 2.76. The number of fused-ring (bicyclic) bond motifs is 1. The van der Waals surface area contributed by atoms with E-state index in [4.69, 9.17) is 26.8 Å². The second-order valence-corrected chi connectivity index (χ2v) is 5.47. The molecule has 0 aliphatic heterocycles. The highest BCUT2D eigenvalue weighted by molar-refractivity contribution is 6.35. The first-order valence-corrected chi connectivity index (χ1v) is 7.29. The van der Waals surface area contributed by atoms with Crippen LogP contribution in [0.1, 0.15) is 13.3 Å². The van der Waals surface area contributed by atoms with Crippen LogP contribution in [-0.2, 0) is 4.74 Å². The predicted octanol–water partition coefficient (Wildman–Crippen LogP) is 3.38. The highest BCUT2D eigenvalue weighted by Gasteiger charge is 2.41. The van der Waals surface area contributed by atoms with Crippen molar-refractivity contribution in [1.29, 1.82) is 0 Å². The van der Waals surface area contributed by atoms with Crippen molar-refractivity contribution in [2.24, 2.45) is 5.73 Å². The van der Waals surface area contributed by atoms with E-state index in [1.165, 1.54) is 0 Å². The fraction of sp³-hybridized carbons (Fsp3) is 0.375. The Kier molecular flexibility index (Phi) is 3.83. The second-order valence-electron chi connectivity index (χ2n) is 5.07. The number of nitrogens with two attached hydrogens (primary N) is 1. The molecule has 1 fully saturated rings. The van der Waals surface area contributed by atoms with E-state index in [-0.39, 0.29) is 18.2 Å². The summed E-state index contributed by atoms with van der Waals surface area (Å²) in [7, 11) is 0. The van der Waals surface area contributed by atoms with Gasteiger partial charge in [-0.2, -0.15) is 0 Å². The molecular weight excluding hydrogens is 274 g/mol. The lowest BCUT2D eigenvalue weighted by Crippen LogP contribution is -2.59. The molecular formula is C16H18ClNO2. The number of ether oxygens (including phenoxy) is 2. The summed E-state index contributed by atoms with van der Waals surface area (Å²) in [6, 6.07) is 11.8. The summed E-state index contributed by atoms with van der Waals surface area (Å²) in [6.07, 6.45) is 0.825. The molecule has 0 heterocycles. The number of benzene rings is 2. The first-order chi connectivity index (χ1) is 9.70. The van der Waals surface area contributed by atoms with Crippen LogP contribution in [0.25, 0.3) is 10.8 Å². The molecule has 2 aromatic carbocycles. The Morgan fingerprint density at radius 3 is 2.65 bits per heavy atom. The molecule has 106 valence electrons. The smallest absolute Gasteiger partial charge is 0.128 e. The summed E-state index contributed by atoms with van der Waals surface area (Å²) in [5.74, 6) is 0.839. The third-order valence-corrected chi connectivity index (χ3v) is 4.09. The first-order valence-electron chi connectivity index (χ1n) is 6.91. The van der Waals surface area contributed by atoms with Crippen molar-refractivity contribution < 1.29 is 9.47 Å². The molecule has 0 spiro atoms. The molecule has 1 aliphatic rings. The van der Waals surface area contributed by atoms with Crippen molar-refractivity contribution in [3.05, 3.63) is 41.4 Å². The lowest BCUT2D eigenvalue weighted by Gasteiger charge is -2.41. The van der Waals surface area contributed by atoms with Crippen LogP contribution >= 0.6 is 11.6 Å².